The van der Waals surface area contributed by atoms with Gasteiger partial charge in [-0.3, -0.25) is 0 Å². The molecule has 358 valence electrons. The molecule has 0 atom stereocenters. The molecule has 0 aromatic rings. The van der Waals surface area contributed by atoms with Crippen LogP contribution in [0.4, 0.5) is 0 Å². The van der Waals surface area contributed by atoms with E-state index in [1.165, 1.54) is 67.2 Å². The summed E-state index contributed by atoms with van der Waals surface area (Å²) < 4.78 is 0. The maximum atomic E-state index is 9.92. The van der Waals surface area contributed by atoms with Crippen molar-refractivity contribution in [2.45, 2.75) is 132 Å². The Balaban J connectivity index is -0.0000000418. The molecule has 0 aromatic carbocycles. The van der Waals surface area contributed by atoms with Crippen molar-refractivity contribution in [3.05, 3.63) is 72.9 Å². The third-order valence-electron chi connectivity index (χ3n) is 5.16. The number of aliphatic hydroxyl groups is 2. The van der Waals surface area contributed by atoms with E-state index in [0.29, 0.717) is 0 Å². The quantitative estimate of drug-likeness (QED) is 0.0699. The van der Waals surface area contributed by atoms with Gasteiger partial charge >= 0.3 is 109 Å². The van der Waals surface area contributed by atoms with Gasteiger partial charge in [0.15, 0.2) is 0 Å². The topological polar surface area (TPSA) is 362 Å². The number of carbonyl (C=O) groups is 8. The van der Waals surface area contributed by atoms with Gasteiger partial charge in [0.2, 0.25) is 0 Å². The van der Waals surface area contributed by atoms with Gasteiger partial charge in [0.05, 0.1) is 49.0 Å². The largest absolute Gasteiger partial charge is 2.00 e. The first-order valence-electron chi connectivity index (χ1n) is 18.1. The van der Waals surface area contributed by atoms with Crippen LogP contribution in [0.1, 0.15) is 132 Å². The molecule has 0 aliphatic heterocycles. The maximum absolute atomic E-state index is 9.92. The summed E-state index contributed by atoms with van der Waals surface area (Å²) >= 11 is 0. The number of carboxylic acids is 8. The summed E-state index contributed by atoms with van der Waals surface area (Å²) in [6.45, 7) is 30.9. The minimum atomic E-state index is -1.19. The molecule has 2 N–H and O–H groups in total. The summed E-state index contributed by atoms with van der Waals surface area (Å²) in [6, 6.07) is 0. The Labute approximate surface area is 460 Å². The molecule has 0 amide bonds. The van der Waals surface area contributed by atoms with Gasteiger partial charge in [-0.2, -0.15) is 0 Å². The molecule has 0 rings (SSSR count). The second-order valence-electron chi connectivity index (χ2n) is 11.9. The van der Waals surface area contributed by atoms with Gasteiger partial charge in [0, 0.05) is 11.9 Å². The van der Waals surface area contributed by atoms with Gasteiger partial charge in [-0.05, 0) is 101 Å². The molecule has 8 radical (unpaired) electrons. The molecule has 0 aromatic heterocycles. The van der Waals surface area contributed by atoms with E-state index in [1.807, 2.05) is 0 Å². The van der Waals surface area contributed by atoms with Gasteiger partial charge in [-0.25, -0.2) is 0 Å². The Morgan fingerprint density at radius 3 is 0.531 bits per heavy atom. The van der Waals surface area contributed by atoms with Crippen LogP contribution in [0.15, 0.2) is 72.9 Å². The molecule has 0 aliphatic rings. The second kappa shape index (κ2) is 75.1. The normalized spacial score (nSPS) is 7.72. The minimum absolute atomic E-state index is 0. The number of hydrogen-bond acceptors (Lipinski definition) is 18. The number of unbranched alkanes of at least 4 members (excludes halogenated alkanes) is 8. The van der Waals surface area contributed by atoms with E-state index in [1.54, 1.807) is 0 Å². The van der Waals surface area contributed by atoms with Gasteiger partial charge < -0.3 is 89.4 Å². The average Bonchev–Trinajstić information content (AvgIpc) is 3.13. The number of aliphatic hydroxyl groups excluding tert-OH is 2. The molecule has 0 aliphatic carbocycles. The van der Waals surface area contributed by atoms with Crippen molar-refractivity contribution in [3.63, 3.8) is 0 Å². The van der Waals surface area contributed by atoms with E-state index in [-0.39, 0.29) is 169 Å². The summed E-state index contributed by atoms with van der Waals surface area (Å²) in [7, 11) is 0. The van der Waals surface area contributed by atoms with Crippen molar-refractivity contribution >= 4 is 157 Å². The van der Waals surface area contributed by atoms with E-state index < -0.39 is 47.8 Å². The monoisotopic (exact) mass is 1690 g/mol. The molecule has 0 spiro atoms. The van der Waals surface area contributed by atoms with Crippen LogP contribution >= 0.6 is 0 Å². The Kier molecular flexibility index (Phi) is 113. The molecule has 22 heteroatoms. The van der Waals surface area contributed by atoms with Crippen molar-refractivity contribution in [1.29, 1.82) is 0 Å². The minimum Gasteiger partial charge on any atom is -0.550 e. The molecular weight excluding hydrogens is 1620 g/mol. The van der Waals surface area contributed by atoms with Crippen molar-refractivity contribution in [2.24, 2.45) is 0 Å². The molecule has 0 bridgehead atoms. The number of carboxylic acid groups (broad SMARTS) is 8. The number of hydrogen-bond donors (Lipinski definition) is 2. The van der Waals surface area contributed by atoms with Gasteiger partial charge in [-0.15, -0.1) is 0 Å². The predicted molar refractivity (Wildman–Crippen MR) is 233 cm³/mol. The van der Waals surface area contributed by atoms with E-state index >= 15 is 0 Å². The first-order chi connectivity index (χ1) is 27.3. The smallest absolute Gasteiger partial charge is 0.550 e. The molecule has 18 nitrogen and oxygen atoms in total. The van der Waals surface area contributed by atoms with Crippen LogP contribution in [0.2, 0.25) is 0 Å². The fourth-order valence-electron chi connectivity index (χ4n) is 1.75. The first kappa shape index (κ1) is 95.9. The van der Waals surface area contributed by atoms with Gasteiger partial charge in [0.1, 0.15) is 0 Å². The van der Waals surface area contributed by atoms with E-state index in [4.69, 9.17) is 10.2 Å². The molecule has 64 heavy (non-hydrogen) atoms. The van der Waals surface area contributed by atoms with Crippen LogP contribution in [-0.4, -0.2) is 180 Å². The van der Waals surface area contributed by atoms with Crippen LogP contribution in [0.5, 0.6) is 0 Å². The summed E-state index contributed by atoms with van der Waals surface area (Å²) in [6.07, 6.45) is 11.2. The summed E-state index contributed by atoms with van der Waals surface area (Å²) in [5, 5.41) is 92.0. The van der Waals surface area contributed by atoms with Crippen LogP contribution in [-0.2, 0) is 38.4 Å². The van der Waals surface area contributed by atoms with Gasteiger partial charge in [0.25, 0.3) is 0 Å². The molecule has 0 saturated heterocycles. The Bertz CT molecular complexity index is 1030. The van der Waals surface area contributed by atoms with Crippen molar-refractivity contribution < 1.29 is 89.4 Å². The average molecular weight is 1690 g/mol. The number of aliphatic carboxylic acids is 8. The molecule has 0 unspecified atom stereocenters. The van der Waals surface area contributed by atoms with E-state index in [9.17, 15) is 79.2 Å². The standard InChI is InChI=1S/2C8H16O2.6C4H6O2.C2H6O2.4Pb/c2*1-2-3-4-5-6-7-8(9)10;6*1-3(2)4(5)6;3-1-2-4;;;;/h2*2-7H2,1H3,(H,9,10);6*1H2,2H3,(H,5,6);3-4H,1-2H2;;;;/q;;;;;;;;;4*+2/p-8. The zero-order valence-corrected chi connectivity index (χ0v) is 54.1. The van der Waals surface area contributed by atoms with Crippen LogP contribution in [0, 0.1) is 0 Å². The van der Waals surface area contributed by atoms with Crippen molar-refractivity contribution in [2.75, 3.05) is 13.2 Å². The third-order valence-corrected chi connectivity index (χ3v) is 5.16. The fourth-order valence-corrected chi connectivity index (χ4v) is 1.75. The summed E-state index contributed by atoms with van der Waals surface area (Å²) in [4.78, 5) is 76.8. The number of carbonyl (C=O) groups excluding carboxylic acids is 8. The Morgan fingerprint density at radius 2 is 0.453 bits per heavy atom. The molecule has 0 fully saturated rings. The SMILES string of the molecule is C=C(C)C(=O)[O-].C=C(C)C(=O)[O-].C=C(C)C(=O)[O-].C=C(C)C(=O)[O-].C=C(C)C(=O)[O-].C=C(C)C(=O)[O-].CCCCCCCC(=O)[O-].CCCCCCCC(=O)[O-].OCCO.[Pb+2].[Pb+2].[Pb+2].[Pb+2]. The summed E-state index contributed by atoms with van der Waals surface area (Å²) in [5.41, 5.74) is 0.389. The maximum Gasteiger partial charge on any atom is 2.00 e. The first-order valence-corrected chi connectivity index (χ1v) is 18.1. The van der Waals surface area contributed by atoms with Crippen LogP contribution in [0.25, 0.3) is 0 Å². The van der Waals surface area contributed by atoms with Crippen molar-refractivity contribution in [1.82, 2.24) is 0 Å². The fraction of sp³-hybridized carbons (Fsp3) is 0.524. The Hall–Kier alpha value is -2.19. The summed E-state index contributed by atoms with van der Waals surface area (Å²) in [5.74, 6) is -8.95. The predicted octanol–water partition coefficient (Wildman–Crippen LogP) is -4.48. The Morgan fingerprint density at radius 1 is 0.328 bits per heavy atom. The molecule has 0 saturated carbocycles. The second-order valence-corrected chi connectivity index (χ2v) is 11.9. The van der Waals surface area contributed by atoms with E-state index in [2.05, 4.69) is 53.3 Å². The molecular formula is C42H66O18Pb4. The third kappa shape index (κ3) is 153. The number of rotatable bonds is 19. The van der Waals surface area contributed by atoms with Crippen molar-refractivity contribution in [3.8, 4) is 0 Å². The zero-order valence-electron chi connectivity index (χ0n) is 38.6. The van der Waals surface area contributed by atoms with E-state index in [0.717, 1.165) is 38.5 Å². The molecule has 0 heterocycles. The zero-order chi connectivity index (χ0) is 50.0. The van der Waals surface area contributed by atoms with Gasteiger partial charge in [-0.1, -0.05) is 105 Å². The van der Waals surface area contributed by atoms with Crippen LogP contribution in [0.3, 0.4) is 0 Å². The van der Waals surface area contributed by atoms with Crippen LogP contribution < -0.4 is 40.9 Å².